The molecule has 0 aliphatic heterocycles. The number of nitrogens with zero attached hydrogens (tertiary/aromatic N) is 1. The van der Waals surface area contributed by atoms with Crippen LogP contribution >= 0.6 is 25.3 Å². The number of nitrogens with two attached hydrogens (primary N) is 3. The number of thiol groups is 2. The average Bonchev–Trinajstić information content (AvgIpc) is 1.71. The van der Waals surface area contributed by atoms with Gasteiger partial charge in [0.2, 0.25) is 82.7 Å². The molecule has 0 fully saturated rings. The van der Waals surface area contributed by atoms with Crippen molar-refractivity contribution in [3.8, 4) is 5.75 Å². The van der Waals surface area contributed by atoms with Crippen LogP contribution in [0.1, 0.15) is 87.6 Å². The lowest BCUT2D eigenvalue weighted by molar-refractivity contribution is -0.139. The molecule has 14 amide bonds. The van der Waals surface area contributed by atoms with E-state index in [1.54, 1.807) is 48.5 Å². The SMILES string of the molecule is CC(=O)N[C@@H](CS)C(=O)N[C@@H](CCCNC(=N)N)C(=O)N[C@H](C(=O)N[C@@H](Cc1c[nH]c2ccccc12)C(=O)N[C@@H](CCC(=O)O)C(=O)N[C@@H](CS)C(=O)N[C@@H](Cc1ccc(O)cc1)C(=O)N[C@@H](Cc1c[nH]c2ccccc12)C(=O)N[C@@H](Cc1cnc[nH]1)C(=O)N[C@@H](CCC(=O)O)C(=O)N[C@@H](CCC(N)=O)C(=O)N[C@@H](CO)C(N)=O)[C@@H](C)O. The number of para-hydroxylation sites is 2. The Kier molecular flexibility index (Phi) is 36.5. The highest BCUT2D eigenvalue weighted by Gasteiger charge is 2.39. The number of carboxylic acid groups (broad SMARTS) is 2. The number of hydrogen-bond acceptors (Lipinski definition) is 23. The number of phenolic OH excluding ortho intramolecular Hbond substituents is 1. The number of rotatable bonds is 49. The predicted molar refractivity (Wildman–Crippen MR) is 424 cm³/mol. The van der Waals surface area contributed by atoms with Gasteiger partial charge in [0, 0.05) is 116 Å². The number of benzene rings is 3. The summed E-state index contributed by atoms with van der Waals surface area (Å²) >= 11 is 8.47. The molecular formula is C73H97N21O21S2. The first-order valence-electron chi connectivity index (χ1n) is 36.6. The number of guanidine groups is 1. The summed E-state index contributed by atoms with van der Waals surface area (Å²) in [6, 6.07) is -1.54. The summed E-state index contributed by atoms with van der Waals surface area (Å²) in [4.78, 5) is 232. The topological polar surface area (TPSA) is 693 Å². The fourth-order valence-corrected chi connectivity index (χ4v) is 12.5. The second-order valence-corrected chi connectivity index (χ2v) is 27.9. The first-order valence-corrected chi connectivity index (χ1v) is 37.9. The molecule has 117 heavy (non-hydrogen) atoms. The molecule has 3 aromatic carbocycles. The lowest BCUT2D eigenvalue weighted by Gasteiger charge is -2.29. The molecule has 0 saturated heterocycles. The van der Waals surface area contributed by atoms with Crippen molar-refractivity contribution < 1.29 is 102 Å². The number of carbonyl (C=O) groups is 16. The molecular weight excluding hydrogens is 1570 g/mol. The molecule has 6 rings (SSSR count). The van der Waals surface area contributed by atoms with E-state index in [1.807, 2.05) is 0 Å². The van der Waals surface area contributed by atoms with Crippen LogP contribution in [0.5, 0.6) is 5.75 Å². The number of primary amides is 2. The molecule has 0 aliphatic carbocycles. The maximum Gasteiger partial charge on any atom is 0.303 e. The highest BCUT2D eigenvalue weighted by Crippen LogP contribution is 2.23. The van der Waals surface area contributed by atoms with Crippen LogP contribution in [0.4, 0.5) is 0 Å². The summed E-state index contributed by atoms with van der Waals surface area (Å²) in [6.45, 7) is 1.33. The number of fused-ring (bicyclic) bond motifs is 2. The van der Waals surface area contributed by atoms with Gasteiger partial charge in [-0.1, -0.05) is 48.5 Å². The van der Waals surface area contributed by atoms with E-state index in [4.69, 9.17) is 22.6 Å². The molecule has 3 aromatic heterocycles. The Labute approximate surface area is 678 Å². The van der Waals surface area contributed by atoms with Gasteiger partial charge in [0.15, 0.2) is 5.96 Å². The minimum atomic E-state index is -1.90. The summed E-state index contributed by atoms with van der Waals surface area (Å²) in [6.07, 6.45) is -1.85. The Balaban J connectivity index is 1.31. The van der Waals surface area contributed by atoms with Crippen LogP contribution in [0.25, 0.3) is 21.8 Å². The lowest BCUT2D eigenvalue weighted by atomic mass is 10.0. The van der Waals surface area contributed by atoms with Gasteiger partial charge in [0.1, 0.15) is 78.3 Å². The molecule has 6 aromatic rings. The van der Waals surface area contributed by atoms with E-state index in [0.29, 0.717) is 32.9 Å². The molecule has 632 valence electrons. The molecule has 0 radical (unpaired) electrons. The number of amides is 14. The quantitative estimate of drug-likeness (QED) is 0.00732. The van der Waals surface area contributed by atoms with Crippen molar-refractivity contribution in [1.29, 1.82) is 5.41 Å². The molecule has 0 saturated carbocycles. The number of phenols is 1. The zero-order valence-corrected chi connectivity index (χ0v) is 65.2. The van der Waals surface area contributed by atoms with Gasteiger partial charge in [-0.05, 0) is 80.0 Å². The minimum absolute atomic E-state index is 0.0381. The van der Waals surface area contributed by atoms with Crippen molar-refractivity contribution in [2.24, 2.45) is 17.2 Å². The molecule has 0 aliphatic rings. The van der Waals surface area contributed by atoms with E-state index >= 15 is 9.59 Å². The van der Waals surface area contributed by atoms with Gasteiger partial charge in [-0.3, -0.25) is 82.1 Å². The van der Waals surface area contributed by atoms with E-state index in [-0.39, 0.29) is 55.0 Å². The number of aromatic amines is 3. The number of aliphatic carboxylic acids is 2. The highest BCUT2D eigenvalue weighted by molar-refractivity contribution is 7.80. The maximum absolute atomic E-state index is 15.2. The van der Waals surface area contributed by atoms with Crippen LogP contribution in [0.15, 0.2) is 97.7 Å². The number of aliphatic hydroxyl groups is 2. The van der Waals surface area contributed by atoms with E-state index in [0.717, 1.165) is 13.8 Å². The molecule has 0 unspecified atom stereocenters. The molecule has 3 heterocycles. The standard InChI is InChI=1S/C73H97N21O21S2/c1-35(96)60(94-65(108)46(12-7-23-79-73(76)77)84-70(113)55(32-116)83-36(2)97)72(115)91-52(26-39-29-81-45-11-6-4-9-43(39)45)67(110)86-49(19-22-59(102)103)64(107)93-56(33-117)71(114)88-50(24-37-13-15-41(98)16-14-37)66(109)89-51(25-38-28-80-44-10-5-3-8-42(38)44)68(111)90-53(27-40-30-78-34-82-40)69(112)87-48(18-21-58(100)101)62(105)85-47(17-20-57(74)99)63(106)92-54(31-95)61(75)104/h3-6,8-11,13-16,28-30,34-35,46-56,60,80-81,95-96,98,116-117H,7,12,17-27,31-33H2,1-2H3,(H2,74,99)(H2,75,104)(H,78,82)(H,83,97)(H,84,113)(H,85,105)(H,86,110)(H,87,112)(H,88,114)(H,89,109)(H,90,111)(H,91,115)(H,92,106)(H,93,107)(H,94,108)(H,100,101)(H,102,103)(H4,76,77,79)/t35-,46+,47+,48+,49+,50+,51+,52+,53+,54+,55+,56+,60+/m1/s1. The summed E-state index contributed by atoms with van der Waals surface area (Å²) in [5.74, 6) is -19.3. The van der Waals surface area contributed by atoms with Crippen LogP contribution in [-0.2, 0) is 102 Å². The van der Waals surface area contributed by atoms with E-state index < -0.39 is 243 Å². The van der Waals surface area contributed by atoms with Crippen molar-refractivity contribution in [2.45, 2.75) is 170 Å². The molecule has 13 atom stereocenters. The number of H-pyrrole nitrogens is 3. The van der Waals surface area contributed by atoms with Gasteiger partial charge in [-0.15, -0.1) is 0 Å². The van der Waals surface area contributed by atoms with Crippen molar-refractivity contribution >= 4 is 148 Å². The largest absolute Gasteiger partial charge is 0.508 e. The summed E-state index contributed by atoms with van der Waals surface area (Å²) in [7, 11) is 0. The van der Waals surface area contributed by atoms with Crippen molar-refractivity contribution in [3.05, 3.63) is 120 Å². The first-order chi connectivity index (χ1) is 55.6. The van der Waals surface area contributed by atoms with Crippen LogP contribution in [-0.4, -0.2) is 249 Å². The Morgan fingerprint density at radius 3 is 1.26 bits per heavy atom. The summed E-state index contributed by atoms with van der Waals surface area (Å²) in [5, 5.41) is 91.3. The smallest absolute Gasteiger partial charge is 0.303 e. The molecule has 28 N–H and O–H groups in total. The normalized spacial score (nSPS) is 14.4. The second kappa shape index (κ2) is 45.9. The average molecular weight is 1670 g/mol. The Hall–Kier alpha value is -12.8. The number of aromatic nitrogens is 4. The van der Waals surface area contributed by atoms with Gasteiger partial charge >= 0.3 is 11.9 Å². The predicted octanol–water partition coefficient (Wildman–Crippen LogP) is -5.84. The number of aliphatic hydroxyl groups excluding tert-OH is 2. The van der Waals surface area contributed by atoms with Gasteiger partial charge in [0.05, 0.1) is 19.0 Å². The molecule has 0 spiro atoms. The van der Waals surface area contributed by atoms with Crippen LogP contribution < -0.4 is 86.3 Å². The van der Waals surface area contributed by atoms with Crippen LogP contribution in [0.3, 0.4) is 0 Å². The van der Waals surface area contributed by atoms with E-state index in [9.17, 15) is 92.7 Å². The zero-order valence-electron chi connectivity index (χ0n) is 63.4. The fraction of sp³-hybridized carbons (Fsp3) is 0.425. The minimum Gasteiger partial charge on any atom is -0.508 e. The Bertz CT molecular complexity index is 4530. The molecule has 42 nitrogen and oxygen atoms in total. The molecule has 0 bridgehead atoms. The third-order valence-electron chi connectivity index (χ3n) is 18.2. The molecule has 44 heteroatoms. The van der Waals surface area contributed by atoms with Crippen molar-refractivity contribution in [3.63, 3.8) is 0 Å². The number of imidazole rings is 1. The number of aromatic hydroxyl groups is 1. The van der Waals surface area contributed by atoms with Gasteiger partial charge in [-0.2, -0.15) is 25.3 Å². The maximum atomic E-state index is 15.2. The third kappa shape index (κ3) is 29.8. The van der Waals surface area contributed by atoms with Gasteiger partial charge in [0.25, 0.3) is 0 Å². The summed E-state index contributed by atoms with van der Waals surface area (Å²) < 4.78 is 0. The monoisotopic (exact) mass is 1670 g/mol. The van der Waals surface area contributed by atoms with Crippen molar-refractivity contribution in [2.75, 3.05) is 24.7 Å². The van der Waals surface area contributed by atoms with Gasteiger partial charge < -0.3 is 127 Å². The second-order valence-electron chi connectivity index (χ2n) is 27.2. The Morgan fingerprint density at radius 2 is 0.855 bits per heavy atom. The van der Waals surface area contributed by atoms with Gasteiger partial charge in [-0.25, -0.2) is 4.98 Å². The Morgan fingerprint density at radius 1 is 0.470 bits per heavy atom. The zero-order chi connectivity index (χ0) is 86.2. The number of carboxylic acids is 2. The fourth-order valence-electron chi connectivity index (χ4n) is 12.0. The van der Waals surface area contributed by atoms with Crippen LogP contribution in [0.2, 0.25) is 0 Å². The first kappa shape index (κ1) is 93.0. The number of hydrogen-bond donors (Lipinski definition) is 27. The van der Waals surface area contributed by atoms with Crippen molar-refractivity contribution in [1.82, 2.24) is 89.1 Å². The lowest BCUT2D eigenvalue weighted by Crippen LogP contribution is -2.62. The van der Waals surface area contributed by atoms with E-state index in [2.05, 4.69) is 114 Å². The van der Waals surface area contributed by atoms with E-state index in [1.165, 1.54) is 49.2 Å². The number of nitrogens with one attached hydrogen (secondary N) is 17. The van der Waals surface area contributed by atoms with Crippen LogP contribution in [0, 0.1) is 5.41 Å². The third-order valence-corrected chi connectivity index (χ3v) is 18.9. The number of carbonyl (C=O) groups excluding carboxylic acids is 14. The highest BCUT2D eigenvalue weighted by atomic mass is 32.1. The summed E-state index contributed by atoms with van der Waals surface area (Å²) in [5.41, 5.74) is 18.5.